The van der Waals surface area contributed by atoms with Crippen LogP contribution in [0.5, 0.6) is 0 Å². The van der Waals surface area contributed by atoms with Crippen LogP contribution in [-0.4, -0.2) is 33.7 Å². The maximum atomic E-state index is 14.0. The van der Waals surface area contributed by atoms with E-state index in [0.29, 0.717) is 12.2 Å². The molecule has 0 aliphatic carbocycles. The first-order valence-corrected chi connectivity index (χ1v) is 9.27. The van der Waals surface area contributed by atoms with E-state index in [-0.39, 0.29) is 5.69 Å². The highest BCUT2D eigenvalue weighted by atomic mass is 32.2. The summed E-state index contributed by atoms with van der Waals surface area (Å²) in [5, 5.41) is 0. The molecule has 24 heavy (non-hydrogen) atoms. The highest BCUT2D eigenvalue weighted by Crippen LogP contribution is 2.22. The van der Waals surface area contributed by atoms with Gasteiger partial charge in [-0.25, -0.2) is 12.8 Å². The Labute approximate surface area is 141 Å². The maximum absolute atomic E-state index is 14.0. The first-order chi connectivity index (χ1) is 11.3. The molecule has 0 spiro atoms. The fraction of sp³-hybridized carbons (Fsp3) is 0.235. The van der Waals surface area contributed by atoms with Gasteiger partial charge < -0.3 is 4.90 Å². The Balaban J connectivity index is 2.33. The zero-order valence-electron chi connectivity index (χ0n) is 13.5. The molecule has 0 unspecified atom stereocenters. The van der Waals surface area contributed by atoms with Crippen LogP contribution < -0.4 is 9.21 Å². The van der Waals surface area contributed by atoms with Crippen molar-refractivity contribution < 1.29 is 17.6 Å². The molecule has 0 fully saturated rings. The minimum Gasteiger partial charge on any atom is -0.311 e. The van der Waals surface area contributed by atoms with Gasteiger partial charge in [-0.1, -0.05) is 30.3 Å². The lowest BCUT2D eigenvalue weighted by molar-refractivity contribution is -0.117. The molecule has 2 rings (SSSR count). The number of halogens is 1. The maximum Gasteiger partial charge on any atom is 0.247 e. The smallest absolute Gasteiger partial charge is 0.247 e. The average Bonchev–Trinajstić information content (AvgIpc) is 2.54. The van der Waals surface area contributed by atoms with Crippen LogP contribution in [0.25, 0.3) is 0 Å². The number of carbonyl (C=O) groups excluding carboxylic acids is 1. The van der Waals surface area contributed by atoms with Gasteiger partial charge in [0, 0.05) is 12.2 Å². The molecule has 0 aliphatic rings. The van der Waals surface area contributed by atoms with E-state index < -0.39 is 28.3 Å². The molecule has 7 heteroatoms. The normalized spacial score (nSPS) is 11.1. The highest BCUT2D eigenvalue weighted by Gasteiger charge is 2.26. The lowest BCUT2D eigenvalue weighted by Crippen LogP contribution is -2.43. The predicted molar refractivity (Wildman–Crippen MR) is 93.1 cm³/mol. The van der Waals surface area contributed by atoms with E-state index in [1.807, 2.05) is 6.07 Å². The van der Waals surface area contributed by atoms with Crippen LogP contribution in [-0.2, 0) is 14.8 Å². The van der Waals surface area contributed by atoms with Crippen molar-refractivity contribution in [2.24, 2.45) is 0 Å². The van der Waals surface area contributed by atoms with Crippen molar-refractivity contribution in [2.45, 2.75) is 6.92 Å². The van der Waals surface area contributed by atoms with Crippen LogP contribution in [0.4, 0.5) is 15.8 Å². The van der Waals surface area contributed by atoms with Crippen molar-refractivity contribution in [1.82, 2.24) is 0 Å². The Bertz CT molecular complexity index is 810. The third-order valence-electron chi connectivity index (χ3n) is 3.49. The summed E-state index contributed by atoms with van der Waals surface area (Å²) in [6.07, 6.45) is 0.950. The SMILES string of the molecule is CCN(C(=O)CN(c1ccccc1F)S(C)(=O)=O)c1ccccc1. The summed E-state index contributed by atoms with van der Waals surface area (Å²) in [5.41, 5.74) is 0.518. The molecule has 0 aliphatic heterocycles. The Morgan fingerprint density at radius 2 is 1.62 bits per heavy atom. The third-order valence-corrected chi connectivity index (χ3v) is 4.61. The summed E-state index contributed by atoms with van der Waals surface area (Å²) in [5.74, 6) is -1.13. The summed E-state index contributed by atoms with van der Waals surface area (Å²) >= 11 is 0. The summed E-state index contributed by atoms with van der Waals surface area (Å²) in [7, 11) is -3.81. The van der Waals surface area contributed by atoms with Gasteiger partial charge in [0.15, 0.2) is 0 Å². The van der Waals surface area contributed by atoms with Gasteiger partial charge in [0.05, 0.1) is 11.9 Å². The number of anilines is 2. The molecule has 1 amide bonds. The number of sulfonamides is 1. The second kappa shape index (κ2) is 7.44. The van der Waals surface area contributed by atoms with Gasteiger partial charge in [0.2, 0.25) is 15.9 Å². The summed E-state index contributed by atoms with van der Waals surface area (Å²) in [6, 6.07) is 14.4. The van der Waals surface area contributed by atoms with Crippen LogP contribution in [0, 0.1) is 5.82 Å². The minimum absolute atomic E-state index is 0.141. The van der Waals surface area contributed by atoms with Gasteiger partial charge in [-0.2, -0.15) is 0 Å². The Hall–Kier alpha value is -2.41. The zero-order valence-corrected chi connectivity index (χ0v) is 14.3. The number of benzene rings is 2. The molecular formula is C17H19FN2O3S. The first-order valence-electron chi connectivity index (χ1n) is 7.42. The number of rotatable bonds is 6. The lowest BCUT2D eigenvalue weighted by Gasteiger charge is -2.27. The molecule has 2 aromatic rings. The number of para-hydroxylation sites is 2. The Morgan fingerprint density at radius 1 is 1.04 bits per heavy atom. The molecule has 128 valence electrons. The van der Waals surface area contributed by atoms with Gasteiger partial charge >= 0.3 is 0 Å². The van der Waals surface area contributed by atoms with Crippen molar-refractivity contribution in [1.29, 1.82) is 0 Å². The number of hydrogen-bond donors (Lipinski definition) is 0. The first kappa shape index (κ1) is 17.9. The van der Waals surface area contributed by atoms with Crippen molar-refractivity contribution in [3.63, 3.8) is 0 Å². The zero-order chi connectivity index (χ0) is 17.7. The van der Waals surface area contributed by atoms with Crippen molar-refractivity contribution >= 4 is 27.3 Å². The van der Waals surface area contributed by atoms with Crippen LogP contribution >= 0.6 is 0 Å². The van der Waals surface area contributed by atoms with Crippen LogP contribution in [0.2, 0.25) is 0 Å². The largest absolute Gasteiger partial charge is 0.311 e. The third kappa shape index (κ3) is 4.11. The second-order valence-electron chi connectivity index (χ2n) is 5.19. The summed E-state index contributed by atoms with van der Waals surface area (Å²) in [4.78, 5) is 14.1. The molecule has 0 saturated carbocycles. The highest BCUT2D eigenvalue weighted by molar-refractivity contribution is 7.92. The quantitative estimate of drug-likeness (QED) is 0.805. The van der Waals surface area contributed by atoms with Crippen LogP contribution in [0.3, 0.4) is 0 Å². The molecular weight excluding hydrogens is 331 g/mol. The van der Waals surface area contributed by atoms with Crippen LogP contribution in [0.15, 0.2) is 54.6 Å². The van der Waals surface area contributed by atoms with E-state index in [9.17, 15) is 17.6 Å². The van der Waals surface area contributed by atoms with Crippen molar-refractivity contribution in [3.8, 4) is 0 Å². The Morgan fingerprint density at radius 3 is 2.17 bits per heavy atom. The second-order valence-corrected chi connectivity index (χ2v) is 7.10. The molecule has 0 N–H and O–H groups in total. The van der Waals surface area contributed by atoms with Crippen LogP contribution in [0.1, 0.15) is 6.92 Å². The number of likely N-dealkylation sites (N-methyl/N-ethyl adjacent to an activating group) is 1. The minimum atomic E-state index is -3.81. The Kier molecular flexibility index (Phi) is 5.56. The summed E-state index contributed by atoms with van der Waals surface area (Å²) < 4.78 is 38.9. The summed E-state index contributed by atoms with van der Waals surface area (Å²) in [6.45, 7) is 1.69. The topological polar surface area (TPSA) is 57.7 Å². The average molecular weight is 350 g/mol. The number of hydrogen-bond acceptors (Lipinski definition) is 3. The van der Waals surface area contributed by atoms with E-state index in [0.717, 1.165) is 16.6 Å². The van der Waals surface area contributed by atoms with E-state index in [1.165, 1.54) is 23.1 Å². The van der Waals surface area contributed by atoms with E-state index in [1.54, 1.807) is 31.2 Å². The number of amides is 1. The van der Waals surface area contributed by atoms with Gasteiger partial charge in [-0.3, -0.25) is 9.10 Å². The van der Waals surface area contributed by atoms with Gasteiger partial charge in [0.25, 0.3) is 0 Å². The fourth-order valence-electron chi connectivity index (χ4n) is 2.35. The monoisotopic (exact) mass is 350 g/mol. The predicted octanol–water partition coefficient (Wildman–Crippen LogP) is 2.64. The molecule has 0 radical (unpaired) electrons. The fourth-order valence-corrected chi connectivity index (χ4v) is 3.20. The van der Waals surface area contributed by atoms with Crippen molar-refractivity contribution in [3.05, 3.63) is 60.4 Å². The van der Waals surface area contributed by atoms with E-state index in [2.05, 4.69) is 0 Å². The molecule has 0 atom stereocenters. The molecule has 5 nitrogen and oxygen atoms in total. The molecule has 0 saturated heterocycles. The molecule has 0 heterocycles. The molecule has 0 bridgehead atoms. The number of carbonyl (C=O) groups is 1. The van der Waals surface area contributed by atoms with E-state index in [4.69, 9.17) is 0 Å². The van der Waals surface area contributed by atoms with Gasteiger partial charge in [-0.15, -0.1) is 0 Å². The number of nitrogens with zero attached hydrogens (tertiary/aromatic N) is 2. The standard InChI is InChI=1S/C17H19FN2O3S/c1-3-19(14-9-5-4-6-10-14)17(21)13-20(24(2,22)23)16-12-8-7-11-15(16)18/h4-12H,3,13H2,1-2H3. The van der Waals surface area contributed by atoms with Gasteiger partial charge in [-0.05, 0) is 31.2 Å². The van der Waals surface area contributed by atoms with Crippen molar-refractivity contribution in [2.75, 3.05) is 28.6 Å². The molecule has 0 aromatic heterocycles. The van der Waals surface area contributed by atoms with E-state index >= 15 is 0 Å². The lowest BCUT2D eigenvalue weighted by atomic mass is 10.2. The van der Waals surface area contributed by atoms with Gasteiger partial charge in [0.1, 0.15) is 12.4 Å². The molecule has 2 aromatic carbocycles.